The molecule has 0 saturated carbocycles. The van der Waals surface area contributed by atoms with Gasteiger partial charge in [0.2, 0.25) is 0 Å². The highest BCUT2D eigenvalue weighted by Gasteiger charge is 2.00. The molecule has 0 spiro atoms. The van der Waals surface area contributed by atoms with E-state index < -0.39 is 0 Å². The van der Waals surface area contributed by atoms with E-state index in [2.05, 4.69) is 6.92 Å². The average molecular weight is 182 g/mol. The Hall–Kier alpha value is -1.05. The van der Waals surface area contributed by atoms with Gasteiger partial charge in [0.15, 0.2) is 0 Å². The third-order valence-corrected chi connectivity index (χ3v) is 1.91. The van der Waals surface area contributed by atoms with Gasteiger partial charge >= 0.3 is 0 Å². The lowest BCUT2D eigenvalue weighted by Gasteiger charge is -2.07. The number of hydrogen-bond acceptors (Lipinski definition) is 1. The second-order valence-corrected chi connectivity index (χ2v) is 3.11. The van der Waals surface area contributed by atoms with Crippen LogP contribution in [0.4, 0.5) is 4.39 Å². The fourth-order valence-corrected chi connectivity index (χ4v) is 1.06. The third kappa shape index (κ3) is 3.05. The zero-order valence-corrected chi connectivity index (χ0v) is 8.14. The molecule has 1 aromatic carbocycles. The minimum Gasteiger partial charge on any atom is -0.493 e. The predicted octanol–water partition coefficient (Wildman–Crippen LogP) is 3.31. The van der Waals surface area contributed by atoms with Gasteiger partial charge in [-0.2, -0.15) is 0 Å². The number of hydrogen-bond donors (Lipinski definition) is 0. The van der Waals surface area contributed by atoms with Crippen molar-refractivity contribution < 1.29 is 9.13 Å². The van der Waals surface area contributed by atoms with E-state index in [0.29, 0.717) is 12.4 Å². The highest BCUT2D eigenvalue weighted by atomic mass is 19.1. The van der Waals surface area contributed by atoms with Gasteiger partial charge in [0.1, 0.15) is 11.6 Å². The zero-order chi connectivity index (χ0) is 9.68. The minimum atomic E-state index is -0.239. The standard InChI is InChI=1S/C11H15FO/c1-3-4-7-13-11-8-10(12)6-5-9(11)2/h5-6,8H,3-4,7H2,1-2H3. The molecule has 0 N–H and O–H groups in total. The Morgan fingerprint density at radius 2 is 2.15 bits per heavy atom. The van der Waals surface area contributed by atoms with Crippen LogP contribution in [0.15, 0.2) is 18.2 Å². The summed E-state index contributed by atoms with van der Waals surface area (Å²) < 4.78 is 18.2. The summed E-state index contributed by atoms with van der Waals surface area (Å²) in [7, 11) is 0. The first-order valence-electron chi connectivity index (χ1n) is 4.63. The Kier molecular flexibility index (Phi) is 3.74. The summed E-state index contributed by atoms with van der Waals surface area (Å²) in [6.45, 7) is 4.68. The molecule has 1 aromatic rings. The predicted molar refractivity (Wildman–Crippen MR) is 51.5 cm³/mol. The molecule has 0 bridgehead atoms. The van der Waals surface area contributed by atoms with Crippen molar-refractivity contribution in [3.8, 4) is 5.75 Å². The van der Waals surface area contributed by atoms with Gasteiger partial charge in [-0.25, -0.2) is 4.39 Å². The van der Waals surface area contributed by atoms with Gasteiger partial charge in [-0.05, 0) is 25.0 Å². The lowest BCUT2D eigenvalue weighted by molar-refractivity contribution is 0.306. The molecule has 1 rings (SSSR count). The molecule has 0 saturated heterocycles. The smallest absolute Gasteiger partial charge is 0.126 e. The number of aryl methyl sites for hydroxylation is 1. The normalized spacial score (nSPS) is 10.1. The summed E-state index contributed by atoms with van der Waals surface area (Å²) in [6, 6.07) is 4.61. The van der Waals surface area contributed by atoms with Crippen molar-refractivity contribution in [3.05, 3.63) is 29.6 Å². The van der Waals surface area contributed by atoms with Crippen LogP contribution in [0.5, 0.6) is 5.75 Å². The summed E-state index contributed by atoms with van der Waals surface area (Å²) >= 11 is 0. The maximum Gasteiger partial charge on any atom is 0.126 e. The Morgan fingerprint density at radius 3 is 2.85 bits per heavy atom. The minimum absolute atomic E-state index is 0.239. The summed E-state index contributed by atoms with van der Waals surface area (Å²) in [6.07, 6.45) is 2.10. The monoisotopic (exact) mass is 182 g/mol. The topological polar surface area (TPSA) is 9.23 Å². The molecule has 72 valence electrons. The van der Waals surface area contributed by atoms with Gasteiger partial charge in [0.05, 0.1) is 6.61 Å². The summed E-state index contributed by atoms with van der Waals surface area (Å²) in [4.78, 5) is 0. The third-order valence-electron chi connectivity index (χ3n) is 1.91. The van der Waals surface area contributed by atoms with Crippen molar-refractivity contribution in [2.45, 2.75) is 26.7 Å². The van der Waals surface area contributed by atoms with E-state index >= 15 is 0 Å². The molecule has 0 amide bonds. The molecule has 0 radical (unpaired) electrons. The molecule has 0 heterocycles. The van der Waals surface area contributed by atoms with Crippen molar-refractivity contribution >= 4 is 0 Å². The molecule has 0 aliphatic carbocycles. The zero-order valence-electron chi connectivity index (χ0n) is 8.14. The summed E-state index contributed by atoms with van der Waals surface area (Å²) in [5.74, 6) is 0.422. The number of benzene rings is 1. The molecular weight excluding hydrogens is 167 g/mol. The van der Waals surface area contributed by atoms with Crippen LogP contribution in [0.3, 0.4) is 0 Å². The summed E-state index contributed by atoms with van der Waals surface area (Å²) in [5, 5.41) is 0. The maximum atomic E-state index is 12.8. The van der Waals surface area contributed by atoms with E-state index in [-0.39, 0.29) is 5.82 Å². The van der Waals surface area contributed by atoms with E-state index in [1.165, 1.54) is 12.1 Å². The average Bonchev–Trinajstić information content (AvgIpc) is 2.11. The molecular formula is C11H15FO. The molecule has 0 aliphatic rings. The van der Waals surface area contributed by atoms with Crippen LogP contribution in [0.25, 0.3) is 0 Å². The van der Waals surface area contributed by atoms with E-state index in [4.69, 9.17) is 4.74 Å². The number of ether oxygens (including phenoxy) is 1. The van der Waals surface area contributed by atoms with Crippen LogP contribution >= 0.6 is 0 Å². The molecule has 0 aromatic heterocycles. The molecule has 0 aliphatic heterocycles. The van der Waals surface area contributed by atoms with Gasteiger partial charge in [0.25, 0.3) is 0 Å². The molecule has 1 nitrogen and oxygen atoms in total. The van der Waals surface area contributed by atoms with Crippen LogP contribution in [0, 0.1) is 12.7 Å². The lowest BCUT2D eigenvalue weighted by Crippen LogP contribution is -1.98. The van der Waals surface area contributed by atoms with Gasteiger partial charge in [-0.15, -0.1) is 0 Å². The first kappa shape index (κ1) is 10.0. The quantitative estimate of drug-likeness (QED) is 0.649. The fourth-order valence-electron chi connectivity index (χ4n) is 1.06. The first-order valence-corrected chi connectivity index (χ1v) is 4.63. The van der Waals surface area contributed by atoms with Crippen LogP contribution in [-0.4, -0.2) is 6.61 Å². The number of rotatable bonds is 4. The second-order valence-electron chi connectivity index (χ2n) is 3.11. The second kappa shape index (κ2) is 4.85. The number of halogens is 1. The molecule has 13 heavy (non-hydrogen) atoms. The largest absolute Gasteiger partial charge is 0.493 e. The SMILES string of the molecule is CCCCOc1cc(F)ccc1C. The Labute approximate surface area is 78.5 Å². The Morgan fingerprint density at radius 1 is 1.38 bits per heavy atom. The van der Waals surface area contributed by atoms with Gasteiger partial charge in [-0.1, -0.05) is 19.4 Å². The van der Waals surface area contributed by atoms with E-state index in [9.17, 15) is 4.39 Å². The molecule has 0 unspecified atom stereocenters. The first-order chi connectivity index (χ1) is 6.24. The van der Waals surface area contributed by atoms with E-state index in [1.54, 1.807) is 6.07 Å². The van der Waals surface area contributed by atoms with Crippen molar-refractivity contribution in [2.24, 2.45) is 0 Å². The highest BCUT2D eigenvalue weighted by molar-refractivity contribution is 5.32. The van der Waals surface area contributed by atoms with E-state index in [1.807, 2.05) is 6.92 Å². The van der Waals surface area contributed by atoms with Gasteiger partial charge < -0.3 is 4.74 Å². The van der Waals surface area contributed by atoms with Gasteiger partial charge in [0, 0.05) is 6.07 Å². The van der Waals surface area contributed by atoms with Crippen molar-refractivity contribution in [1.82, 2.24) is 0 Å². The number of unbranched alkanes of at least 4 members (excludes halogenated alkanes) is 1. The highest BCUT2D eigenvalue weighted by Crippen LogP contribution is 2.18. The Bertz CT molecular complexity index is 271. The van der Waals surface area contributed by atoms with Crippen molar-refractivity contribution in [3.63, 3.8) is 0 Å². The molecule has 0 fully saturated rings. The van der Waals surface area contributed by atoms with Gasteiger partial charge in [-0.3, -0.25) is 0 Å². The maximum absolute atomic E-state index is 12.8. The van der Waals surface area contributed by atoms with Crippen LogP contribution in [0.2, 0.25) is 0 Å². The molecule has 2 heteroatoms. The van der Waals surface area contributed by atoms with E-state index in [0.717, 1.165) is 18.4 Å². The lowest BCUT2D eigenvalue weighted by atomic mass is 10.2. The van der Waals surface area contributed by atoms with Crippen molar-refractivity contribution in [2.75, 3.05) is 6.61 Å². The fraction of sp³-hybridized carbons (Fsp3) is 0.455. The summed E-state index contributed by atoms with van der Waals surface area (Å²) in [5.41, 5.74) is 0.984. The van der Waals surface area contributed by atoms with Crippen LogP contribution < -0.4 is 4.74 Å². The Balaban J connectivity index is 2.59. The van der Waals surface area contributed by atoms with Crippen LogP contribution in [-0.2, 0) is 0 Å². The van der Waals surface area contributed by atoms with Crippen LogP contribution in [0.1, 0.15) is 25.3 Å². The molecule has 0 atom stereocenters. The van der Waals surface area contributed by atoms with Crippen molar-refractivity contribution in [1.29, 1.82) is 0 Å².